The topological polar surface area (TPSA) is 32.3 Å². The van der Waals surface area contributed by atoms with Crippen molar-refractivity contribution in [3.63, 3.8) is 0 Å². The molecule has 3 nitrogen and oxygen atoms in total. The monoisotopic (exact) mass is 386 g/mol. The molecule has 2 aliphatic rings. The first-order valence-electron chi connectivity index (χ1n) is 9.84. The van der Waals surface area contributed by atoms with E-state index in [0.29, 0.717) is 12.5 Å². The Balaban J connectivity index is 1.47. The summed E-state index contributed by atoms with van der Waals surface area (Å²) >= 11 is 1.65. The van der Waals surface area contributed by atoms with Gasteiger partial charge >= 0.3 is 0 Å². The number of hydrogen-bond donors (Lipinski definition) is 1. The minimum atomic E-state index is -0.220. The van der Waals surface area contributed by atoms with Gasteiger partial charge in [0, 0.05) is 21.7 Å². The summed E-state index contributed by atoms with van der Waals surface area (Å²) in [4.78, 5) is 17.4. The van der Waals surface area contributed by atoms with E-state index in [2.05, 4.69) is 25.2 Å². The van der Waals surface area contributed by atoms with Gasteiger partial charge in [-0.1, -0.05) is 12.1 Å². The second-order valence-corrected chi connectivity index (χ2v) is 9.37. The summed E-state index contributed by atoms with van der Waals surface area (Å²) in [6.45, 7) is 6.90. The predicted octanol–water partition coefficient (Wildman–Crippen LogP) is 4.68. The molecule has 0 bridgehead atoms. The van der Waals surface area contributed by atoms with E-state index in [1.807, 2.05) is 17.0 Å². The molecule has 1 atom stereocenters. The van der Waals surface area contributed by atoms with Crippen molar-refractivity contribution >= 4 is 17.2 Å². The van der Waals surface area contributed by atoms with E-state index in [4.69, 9.17) is 0 Å². The standard InChI is InChI=1S/C22H27FN2OS/c1-15(2)25(21(26)19-13-22(19)8-10-24-11-9-22)14-18-6-7-20(27-18)16-4-3-5-17(23)12-16/h3-7,12,15,19,24H,8-11,13-14H2,1-2H3. The third-order valence-electron chi connectivity index (χ3n) is 6.09. The highest BCUT2D eigenvalue weighted by Crippen LogP contribution is 2.59. The van der Waals surface area contributed by atoms with Gasteiger partial charge in [-0.2, -0.15) is 0 Å². The molecule has 1 aliphatic heterocycles. The van der Waals surface area contributed by atoms with Crippen LogP contribution in [0.4, 0.5) is 4.39 Å². The van der Waals surface area contributed by atoms with Gasteiger partial charge < -0.3 is 10.2 Å². The summed E-state index contributed by atoms with van der Waals surface area (Å²) in [5, 5.41) is 3.40. The molecule has 1 aromatic heterocycles. The zero-order valence-corrected chi connectivity index (χ0v) is 16.8. The molecule has 1 saturated carbocycles. The Morgan fingerprint density at radius 3 is 2.78 bits per heavy atom. The maximum Gasteiger partial charge on any atom is 0.226 e. The van der Waals surface area contributed by atoms with Crippen LogP contribution in [-0.4, -0.2) is 29.9 Å². The summed E-state index contributed by atoms with van der Waals surface area (Å²) in [6, 6.07) is 11.0. The van der Waals surface area contributed by atoms with Crippen LogP contribution < -0.4 is 5.32 Å². The van der Waals surface area contributed by atoms with Crippen LogP contribution in [0.5, 0.6) is 0 Å². The molecule has 0 radical (unpaired) electrons. The van der Waals surface area contributed by atoms with Gasteiger partial charge in [0.05, 0.1) is 6.54 Å². The third kappa shape index (κ3) is 3.81. The highest BCUT2D eigenvalue weighted by molar-refractivity contribution is 7.15. The van der Waals surface area contributed by atoms with Crippen LogP contribution in [0.15, 0.2) is 36.4 Å². The largest absolute Gasteiger partial charge is 0.335 e. The van der Waals surface area contributed by atoms with E-state index in [-0.39, 0.29) is 23.2 Å². The quantitative estimate of drug-likeness (QED) is 0.809. The Morgan fingerprint density at radius 1 is 1.30 bits per heavy atom. The molecule has 144 valence electrons. The van der Waals surface area contributed by atoms with Gasteiger partial charge in [0.25, 0.3) is 0 Å². The van der Waals surface area contributed by atoms with Crippen LogP contribution in [0.1, 0.15) is 38.0 Å². The molecule has 4 rings (SSSR count). The predicted molar refractivity (Wildman–Crippen MR) is 108 cm³/mol. The normalized spacial score (nSPS) is 20.8. The smallest absolute Gasteiger partial charge is 0.226 e. The van der Waals surface area contributed by atoms with E-state index in [1.165, 1.54) is 6.07 Å². The minimum Gasteiger partial charge on any atom is -0.335 e. The highest BCUT2D eigenvalue weighted by Gasteiger charge is 2.58. The van der Waals surface area contributed by atoms with Crippen LogP contribution >= 0.6 is 11.3 Å². The lowest BCUT2D eigenvalue weighted by molar-refractivity contribution is -0.136. The maximum absolute atomic E-state index is 13.5. The van der Waals surface area contributed by atoms with Gasteiger partial charge in [-0.3, -0.25) is 4.79 Å². The summed E-state index contributed by atoms with van der Waals surface area (Å²) < 4.78 is 13.5. The van der Waals surface area contributed by atoms with E-state index >= 15 is 0 Å². The average Bonchev–Trinajstić information content (AvgIpc) is 3.13. The molecule has 2 fully saturated rings. The molecule has 2 heterocycles. The molecule has 27 heavy (non-hydrogen) atoms. The van der Waals surface area contributed by atoms with Gasteiger partial charge in [-0.05, 0) is 81.4 Å². The van der Waals surface area contributed by atoms with Gasteiger partial charge in [0.2, 0.25) is 5.91 Å². The fourth-order valence-corrected chi connectivity index (χ4v) is 5.32. The molecular weight excluding hydrogens is 359 g/mol. The van der Waals surface area contributed by atoms with Crippen molar-refractivity contribution in [1.82, 2.24) is 10.2 Å². The van der Waals surface area contributed by atoms with E-state index in [0.717, 1.165) is 47.7 Å². The fourth-order valence-electron chi connectivity index (χ4n) is 4.32. The lowest BCUT2D eigenvalue weighted by Gasteiger charge is -2.29. The van der Waals surface area contributed by atoms with Gasteiger partial charge in [-0.25, -0.2) is 4.39 Å². The molecule has 2 aromatic rings. The molecule has 1 saturated heterocycles. The molecular formula is C22H27FN2OS. The first-order valence-corrected chi connectivity index (χ1v) is 10.7. The molecule has 1 unspecified atom stereocenters. The minimum absolute atomic E-state index is 0.177. The number of halogens is 1. The number of carbonyl (C=O) groups excluding carboxylic acids is 1. The molecule has 1 aromatic carbocycles. The first-order chi connectivity index (χ1) is 13.0. The fraction of sp³-hybridized carbons (Fsp3) is 0.500. The van der Waals surface area contributed by atoms with Gasteiger partial charge in [0.15, 0.2) is 0 Å². The molecule has 1 amide bonds. The van der Waals surface area contributed by atoms with Crippen LogP contribution in [0.3, 0.4) is 0 Å². The lowest BCUT2D eigenvalue weighted by atomic mass is 9.91. The van der Waals surface area contributed by atoms with Crippen LogP contribution in [0.25, 0.3) is 10.4 Å². The number of nitrogens with zero attached hydrogens (tertiary/aromatic N) is 1. The molecule has 1 aliphatic carbocycles. The number of piperidine rings is 1. The molecule has 1 spiro atoms. The van der Waals surface area contributed by atoms with E-state index in [1.54, 1.807) is 23.5 Å². The van der Waals surface area contributed by atoms with Crippen molar-refractivity contribution in [3.8, 4) is 10.4 Å². The second-order valence-electron chi connectivity index (χ2n) is 8.21. The number of amides is 1. The van der Waals surface area contributed by atoms with Crippen molar-refractivity contribution in [2.24, 2.45) is 11.3 Å². The van der Waals surface area contributed by atoms with E-state index < -0.39 is 0 Å². The Morgan fingerprint density at radius 2 is 2.07 bits per heavy atom. The Hall–Kier alpha value is -1.72. The van der Waals surface area contributed by atoms with Gasteiger partial charge in [-0.15, -0.1) is 11.3 Å². The van der Waals surface area contributed by atoms with Crippen LogP contribution in [0.2, 0.25) is 0 Å². The van der Waals surface area contributed by atoms with Crippen molar-refractivity contribution < 1.29 is 9.18 Å². The summed E-state index contributed by atoms with van der Waals surface area (Å²) in [5.74, 6) is 0.291. The number of rotatable bonds is 5. The number of nitrogens with one attached hydrogen (secondary N) is 1. The Kier molecular flexibility index (Phi) is 5.08. The first kappa shape index (κ1) is 18.6. The second kappa shape index (κ2) is 7.36. The Bertz CT molecular complexity index is 825. The zero-order chi connectivity index (χ0) is 19.0. The maximum atomic E-state index is 13.5. The average molecular weight is 387 g/mol. The summed E-state index contributed by atoms with van der Waals surface area (Å²) in [5.41, 5.74) is 1.15. The SMILES string of the molecule is CC(C)N(Cc1ccc(-c2cccc(F)c2)s1)C(=O)C1CC12CCNCC2. The van der Waals surface area contributed by atoms with Crippen molar-refractivity contribution in [3.05, 3.63) is 47.1 Å². The molecule has 5 heteroatoms. The lowest BCUT2D eigenvalue weighted by Crippen LogP contribution is -2.39. The number of carbonyl (C=O) groups is 1. The number of benzene rings is 1. The van der Waals surface area contributed by atoms with Crippen molar-refractivity contribution in [1.29, 1.82) is 0 Å². The highest BCUT2D eigenvalue weighted by atomic mass is 32.1. The summed E-state index contributed by atoms with van der Waals surface area (Å²) in [7, 11) is 0. The zero-order valence-electron chi connectivity index (χ0n) is 16.0. The van der Waals surface area contributed by atoms with Crippen molar-refractivity contribution in [2.75, 3.05) is 13.1 Å². The number of thiophene rings is 1. The van der Waals surface area contributed by atoms with E-state index in [9.17, 15) is 9.18 Å². The third-order valence-corrected chi connectivity index (χ3v) is 7.21. The molecule has 1 N–H and O–H groups in total. The van der Waals surface area contributed by atoms with Crippen LogP contribution in [-0.2, 0) is 11.3 Å². The van der Waals surface area contributed by atoms with Gasteiger partial charge in [0.1, 0.15) is 5.82 Å². The van der Waals surface area contributed by atoms with Crippen molar-refractivity contribution in [2.45, 2.75) is 45.7 Å². The summed E-state index contributed by atoms with van der Waals surface area (Å²) in [6.07, 6.45) is 3.30. The Labute approximate surface area is 164 Å². The number of hydrogen-bond acceptors (Lipinski definition) is 3. The van der Waals surface area contributed by atoms with Crippen LogP contribution in [0, 0.1) is 17.2 Å².